The number of methoxy groups -OCH3 is 1. The van der Waals surface area contributed by atoms with Crippen molar-refractivity contribution in [3.63, 3.8) is 0 Å². The highest BCUT2D eigenvalue weighted by Gasteiger charge is 1.99. The first kappa shape index (κ1) is 12.4. The van der Waals surface area contributed by atoms with E-state index in [-0.39, 0.29) is 0 Å². The van der Waals surface area contributed by atoms with E-state index in [2.05, 4.69) is 27.4 Å². The monoisotopic (exact) mass is 265 g/mol. The number of hydrogen-bond acceptors (Lipinski definition) is 4. The summed E-state index contributed by atoms with van der Waals surface area (Å²) in [6, 6.07) is 12.1. The zero-order valence-electron chi connectivity index (χ0n) is 11.2. The number of benzene rings is 1. The first-order valence-corrected chi connectivity index (χ1v) is 6.42. The Labute approximate surface area is 117 Å². The van der Waals surface area contributed by atoms with Gasteiger partial charge in [-0.25, -0.2) is 0 Å². The molecule has 0 amide bonds. The van der Waals surface area contributed by atoms with Crippen LogP contribution in [0.25, 0.3) is 10.9 Å². The van der Waals surface area contributed by atoms with Gasteiger partial charge in [0.05, 0.1) is 30.7 Å². The third-order valence-electron chi connectivity index (χ3n) is 3.09. The highest BCUT2D eigenvalue weighted by Crippen LogP contribution is 2.17. The maximum absolute atomic E-state index is 5.16. The fourth-order valence-electron chi connectivity index (χ4n) is 2.04. The Bertz CT molecular complexity index is 727. The van der Waals surface area contributed by atoms with Gasteiger partial charge < -0.3 is 10.1 Å². The number of rotatable bonds is 4. The van der Waals surface area contributed by atoms with E-state index in [0.717, 1.165) is 27.9 Å². The Hall–Kier alpha value is -2.62. The van der Waals surface area contributed by atoms with Gasteiger partial charge in [-0.15, -0.1) is 0 Å². The number of para-hydroxylation sites is 1. The standard InChI is InChI=1S/C16H15N3O/c1-20-15-6-12(8-17-11-15)9-18-14-7-13-4-2-3-5-16(13)19-10-14/h2-8,10-11,18H,9H2,1H3. The molecule has 1 aromatic carbocycles. The Morgan fingerprint density at radius 1 is 1.10 bits per heavy atom. The normalized spacial score (nSPS) is 10.4. The first-order valence-electron chi connectivity index (χ1n) is 6.42. The molecule has 0 aliphatic heterocycles. The van der Waals surface area contributed by atoms with E-state index >= 15 is 0 Å². The average Bonchev–Trinajstić information content (AvgIpc) is 2.53. The molecule has 20 heavy (non-hydrogen) atoms. The van der Waals surface area contributed by atoms with Crippen molar-refractivity contribution in [3.8, 4) is 5.75 Å². The molecule has 2 heterocycles. The molecule has 0 spiro atoms. The second kappa shape index (κ2) is 5.57. The number of aromatic nitrogens is 2. The molecular formula is C16H15N3O. The van der Waals surface area contributed by atoms with Crippen molar-refractivity contribution < 1.29 is 4.74 Å². The number of fused-ring (bicyclic) bond motifs is 1. The SMILES string of the molecule is COc1cncc(CNc2cnc3ccccc3c2)c1. The van der Waals surface area contributed by atoms with Gasteiger partial charge in [-0.05, 0) is 23.8 Å². The number of nitrogens with one attached hydrogen (secondary N) is 1. The van der Waals surface area contributed by atoms with Crippen molar-refractivity contribution in [2.45, 2.75) is 6.54 Å². The molecule has 0 saturated carbocycles. The van der Waals surface area contributed by atoms with Gasteiger partial charge >= 0.3 is 0 Å². The largest absolute Gasteiger partial charge is 0.495 e. The van der Waals surface area contributed by atoms with Gasteiger partial charge in [0.1, 0.15) is 5.75 Å². The lowest BCUT2D eigenvalue weighted by molar-refractivity contribution is 0.412. The number of nitrogens with zero attached hydrogens (tertiary/aromatic N) is 2. The summed E-state index contributed by atoms with van der Waals surface area (Å²) in [5.74, 6) is 0.765. The quantitative estimate of drug-likeness (QED) is 0.786. The Kier molecular flexibility index (Phi) is 3.46. The summed E-state index contributed by atoms with van der Waals surface area (Å²) in [5, 5.41) is 4.47. The van der Waals surface area contributed by atoms with Gasteiger partial charge in [0.25, 0.3) is 0 Å². The molecule has 3 rings (SSSR count). The third-order valence-corrected chi connectivity index (χ3v) is 3.09. The Morgan fingerprint density at radius 3 is 2.90 bits per heavy atom. The van der Waals surface area contributed by atoms with Gasteiger partial charge in [-0.3, -0.25) is 9.97 Å². The van der Waals surface area contributed by atoms with Crippen molar-refractivity contribution in [2.24, 2.45) is 0 Å². The maximum atomic E-state index is 5.16. The molecule has 1 N–H and O–H groups in total. The molecule has 0 fully saturated rings. The average molecular weight is 265 g/mol. The zero-order valence-corrected chi connectivity index (χ0v) is 11.2. The van der Waals surface area contributed by atoms with E-state index in [1.54, 1.807) is 13.3 Å². The van der Waals surface area contributed by atoms with E-state index in [9.17, 15) is 0 Å². The van der Waals surface area contributed by atoms with Crippen LogP contribution in [0.1, 0.15) is 5.56 Å². The molecule has 0 atom stereocenters. The van der Waals surface area contributed by atoms with E-state index in [1.807, 2.05) is 36.7 Å². The van der Waals surface area contributed by atoms with Crippen LogP contribution in [0.3, 0.4) is 0 Å². The van der Waals surface area contributed by atoms with Crippen LogP contribution in [0.5, 0.6) is 5.75 Å². The van der Waals surface area contributed by atoms with E-state index in [1.165, 1.54) is 0 Å². The van der Waals surface area contributed by atoms with Crippen LogP contribution in [0.2, 0.25) is 0 Å². The van der Waals surface area contributed by atoms with Crippen molar-refractivity contribution >= 4 is 16.6 Å². The summed E-state index contributed by atoms with van der Waals surface area (Å²) in [5.41, 5.74) is 3.06. The lowest BCUT2D eigenvalue weighted by atomic mass is 10.2. The Morgan fingerprint density at radius 2 is 2.00 bits per heavy atom. The molecule has 0 aliphatic carbocycles. The van der Waals surface area contributed by atoms with E-state index in [4.69, 9.17) is 4.74 Å². The van der Waals surface area contributed by atoms with Crippen LogP contribution in [0, 0.1) is 0 Å². The lowest BCUT2D eigenvalue weighted by Gasteiger charge is -2.08. The Balaban J connectivity index is 1.76. The molecule has 2 aromatic heterocycles. The van der Waals surface area contributed by atoms with Crippen molar-refractivity contribution in [1.29, 1.82) is 0 Å². The van der Waals surface area contributed by atoms with Crippen LogP contribution in [-0.2, 0) is 6.54 Å². The second-order valence-corrected chi connectivity index (χ2v) is 4.50. The van der Waals surface area contributed by atoms with Crippen molar-refractivity contribution in [2.75, 3.05) is 12.4 Å². The highest BCUT2D eigenvalue weighted by atomic mass is 16.5. The van der Waals surface area contributed by atoms with Crippen LogP contribution < -0.4 is 10.1 Å². The minimum atomic E-state index is 0.685. The van der Waals surface area contributed by atoms with E-state index < -0.39 is 0 Å². The highest BCUT2D eigenvalue weighted by molar-refractivity contribution is 5.81. The van der Waals surface area contributed by atoms with E-state index in [0.29, 0.717) is 6.54 Å². The summed E-state index contributed by atoms with van der Waals surface area (Å²) in [6.45, 7) is 0.685. The molecule has 100 valence electrons. The fraction of sp³-hybridized carbons (Fsp3) is 0.125. The molecular weight excluding hydrogens is 250 g/mol. The topological polar surface area (TPSA) is 47.0 Å². The molecule has 0 aliphatic rings. The van der Waals surface area contributed by atoms with Crippen LogP contribution in [0.4, 0.5) is 5.69 Å². The summed E-state index contributed by atoms with van der Waals surface area (Å²) in [7, 11) is 1.64. The maximum Gasteiger partial charge on any atom is 0.137 e. The molecule has 0 radical (unpaired) electrons. The minimum Gasteiger partial charge on any atom is -0.495 e. The number of hydrogen-bond donors (Lipinski definition) is 1. The van der Waals surface area contributed by atoms with Gasteiger partial charge in [-0.2, -0.15) is 0 Å². The molecule has 0 saturated heterocycles. The third kappa shape index (κ3) is 2.69. The van der Waals surface area contributed by atoms with Gasteiger partial charge in [0, 0.05) is 18.1 Å². The predicted molar refractivity (Wildman–Crippen MR) is 79.9 cm³/mol. The molecule has 4 heteroatoms. The minimum absolute atomic E-state index is 0.685. The van der Waals surface area contributed by atoms with Crippen LogP contribution >= 0.6 is 0 Å². The number of pyridine rings is 2. The molecule has 4 nitrogen and oxygen atoms in total. The molecule has 0 bridgehead atoms. The summed E-state index contributed by atoms with van der Waals surface area (Å²) < 4.78 is 5.16. The van der Waals surface area contributed by atoms with Gasteiger partial charge in [0.15, 0.2) is 0 Å². The smallest absolute Gasteiger partial charge is 0.137 e. The first-order chi connectivity index (χ1) is 9.85. The predicted octanol–water partition coefficient (Wildman–Crippen LogP) is 3.25. The lowest BCUT2D eigenvalue weighted by Crippen LogP contribution is -2.00. The number of ether oxygens (including phenoxy) is 1. The van der Waals surface area contributed by atoms with Crippen molar-refractivity contribution in [3.05, 3.63) is 60.6 Å². The zero-order chi connectivity index (χ0) is 13.8. The fourth-order valence-corrected chi connectivity index (χ4v) is 2.04. The molecule has 0 unspecified atom stereocenters. The van der Waals surface area contributed by atoms with Crippen LogP contribution in [-0.4, -0.2) is 17.1 Å². The summed E-state index contributed by atoms with van der Waals surface area (Å²) in [6.07, 6.45) is 5.36. The summed E-state index contributed by atoms with van der Waals surface area (Å²) >= 11 is 0. The van der Waals surface area contributed by atoms with Gasteiger partial charge in [0.2, 0.25) is 0 Å². The van der Waals surface area contributed by atoms with Crippen molar-refractivity contribution in [1.82, 2.24) is 9.97 Å². The van der Waals surface area contributed by atoms with Gasteiger partial charge in [-0.1, -0.05) is 18.2 Å². The summed E-state index contributed by atoms with van der Waals surface area (Å²) in [4.78, 5) is 8.56. The van der Waals surface area contributed by atoms with Crippen LogP contribution in [0.15, 0.2) is 55.0 Å². The number of anilines is 1. The molecule has 3 aromatic rings. The second-order valence-electron chi connectivity index (χ2n) is 4.50.